The second-order valence-corrected chi connectivity index (χ2v) is 5.21. The van der Waals surface area contributed by atoms with Crippen LogP contribution in [0.4, 0.5) is 0 Å². The van der Waals surface area contributed by atoms with Gasteiger partial charge in [-0.1, -0.05) is 13.8 Å². The van der Waals surface area contributed by atoms with Gasteiger partial charge in [0.15, 0.2) is 0 Å². The molecule has 0 fully saturated rings. The molecular weight excluding hydrogens is 218 g/mol. The Hall–Kier alpha value is -0.450. The standard InChI is InChI=1S/C12H23N3S/c1-4-10(3)14-7-6-13-9-12-15-8-11(5-2)16-12/h8,10,13-14H,4-7,9H2,1-3H3. The normalized spacial score (nSPS) is 12.9. The molecule has 1 atom stereocenters. The van der Waals surface area contributed by atoms with Crippen molar-refractivity contribution in [3.05, 3.63) is 16.1 Å². The third-order valence-electron chi connectivity index (χ3n) is 2.63. The van der Waals surface area contributed by atoms with Crippen LogP contribution in [0.5, 0.6) is 0 Å². The molecule has 3 nitrogen and oxygen atoms in total. The predicted molar refractivity (Wildman–Crippen MR) is 71.0 cm³/mol. The molecule has 1 unspecified atom stereocenters. The highest BCUT2D eigenvalue weighted by Gasteiger charge is 2.00. The van der Waals surface area contributed by atoms with E-state index in [1.807, 2.05) is 17.5 Å². The van der Waals surface area contributed by atoms with Crippen LogP contribution in [-0.4, -0.2) is 24.1 Å². The van der Waals surface area contributed by atoms with Crippen LogP contribution in [0.25, 0.3) is 0 Å². The molecule has 0 saturated carbocycles. The molecule has 0 saturated heterocycles. The maximum absolute atomic E-state index is 4.37. The minimum Gasteiger partial charge on any atom is -0.313 e. The zero-order valence-electron chi connectivity index (χ0n) is 10.5. The van der Waals surface area contributed by atoms with Crippen molar-refractivity contribution in [3.63, 3.8) is 0 Å². The van der Waals surface area contributed by atoms with E-state index in [2.05, 4.69) is 36.4 Å². The Morgan fingerprint density at radius 1 is 1.38 bits per heavy atom. The Labute approximate surface area is 103 Å². The summed E-state index contributed by atoms with van der Waals surface area (Å²) in [5.74, 6) is 0. The minimum absolute atomic E-state index is 0.619. The van der Waals surface area contributed by atoms with E-state index < -0.39 is 0 Å². The van der Waals surface area contributed by atoms with E-state index in [9.17, 15) is 0 Å². The second-order valence-electron chi connectivity index (χ2n) is 4.01. The molecule has 92 valence electrons. The largest absolute Gasteiger partial charge is 0.313 e. The van der Waals surface area contributed by atoms with E-state index in [-0.39, 0.29) is 0 Å². The highest BCUT2D eigenvalue weighted by Crippen LogP contribution is 2.12. The first-order chi connectivity index (χ1) is 7.76. The zero-order valence-corrected chi connectivity index (χ0v) is 11.4. The van der Waals surface area contributed by atoms with Gasteiger partial charge in [0.05, 0.1) is 0 Å². The summed E-state index contributed by atoms with van der Waals surface area (Å²) in [5.41, 5.74) is 0. The molecule has 4 heteroatoms. The highest BCUT2D eigenvalue weighted by molar-refractivity contribution is 7.11. The Bertz CT molecular complexity index is 286. The van der Waals surface area contributed by atoms with Gasteiger partial charge in [0.2, 0.25) is 0 Å². The molecular formula is C12H23N3S. The Morgan fingerprint density at radius 2 is 2.19 bits per heavy atom. The molecule has 1 aromatic heterocycles. The molecule has 1 rings (SSSR count). The van der Waals surface area contributed by atoms with Gasteiger partial charge in [0, 0.05) is 36.8 Å². The first kappa shape index (κ1) is 13.6. The SMILES string of the molecule is CCc1cnc(CNCCNC(C)CC)s1. The van der Waals surface area contributed by atoms with Crippen molar-refractivity contribution < 1.29 is 0 Å². The van der Waals surface area contributed by atoms with E-state index in [0.29, 0.717) is 6.04 Å². The fourth-order valence-corrected chi connectivity index (χ4v) is 2.17. The van der Waals surface area contributed by atoms with E-state index in [1.165, 1.54) is 16.3 Å². The first-order valence-corrected chi connectivity index (χ1v) is 6.95. The number of nitrogens with zero attached hydrogens (tertiary/aromatic N) is 1. The van der Waals surface area contributed by atoms with Crippen molar-refractivity contribution in [1.82, 2.24) is 15.6 Å². The molecule has 0 radical (unpaired) electrons. The third kappa shape index (κ3) is 5.05. The fraction of sp³-hybridized carbons (Fsp3) is 0.750. The molecule has 2 N–H and O–H groups in total. The van der Waals surface area contributed by atoms with Crippen LogP contribution < -0.4 is 10.6 Å². The third-order valence-corrected chi connectivity index (χ3v) is 3.77. The first-order valence-electron chi connectivity index (χ1n) is 6.13. The topological polar surface area (TPSA) is 37.0 Å². The molecule has 0 aliphatic rings. The van der Waals surface area contributed by atoms with Gasteiger partial charge < -0.3 is 10.6 Å². The number of hydrogen-bond acceptors (Lipinski definition) is 4. The second kappa shape index (κ2) is 7.76. The van der Waals surface area contributed by atoms with Crippen molar-refractivity contribution in [3.8, 4) is 0 Å². The summed E-state index contributed by atoms with van der Waals surface area (Å²) in [5, 5.41) is 8.05. The summed E-state index contributed by atoms with van der Waals surface area (Å²) < 4.78 is 0. The van der Waals surface area contributed by atoms with Crippen LogP contribution in [0.2, 0.25) is 0 Å². The van der Waals surface area contributed by atoms with Crippen molar-refractivity contribution in [2.75, 3.05) is 13.1 Å². The van der Waals surface area contributed by atoms with E-state index in [0.717, 1.165) is 26.1 Å². The lowest BCUT2D eigenvalue weighted by atomic mass is 10.3. The minimum atomic E-state index is 0.619. The van der Waals surface area contributed by atoms with Crippen LogP contribution in [0, 0.1) is 0 Å². The molecule has 1 aromatic rings. The average molecular weight is 241 g/mol. The van der Waals surface area contributed by atoms with Crippen LogP contribution in [-0.2, 0) is 13.0 Å². The lowest BCUT2D eigenvalue weighted by Gasteiger charge is -2.10. The number of nitrogens with one attached hydrogen (secondary N) is 2. The molecule has 0 aromatic carbocycles. The molecule has 16 heavy (non-hydrogen) atoms. The van der Waals surface area contributed by atoms with Gasteiger partial charge in [-0.25, -0.2) is 4.98 Å². The summed E-state index contributed by atoms with van der Waals surface area (Å²) in [6.45, 7) is 9.52. The number of aryl methyl sites for hydroxylation is 1. The number of hydrogen-bond donors (Lipinski definition) is 2. The smallest absolute Gasteiger partial charge is 0.107 e. The van der Waals surface area contributed by atoms with Crippen LogP contribution in [0.1, 0.15) is 37.1 Å². The van der Waals surface area contributed by atoms with Crippen LogP contribution in [0.3, 0.4) is 0 Å². The fourth-order valence-electron chi connectivity index (χ4n) is 1.34. The van der Waals surface area contributed by atoms with E-state index in [4.69, 9.17) is 0 Å². The van der Waals surface area contributed by atoms with Gasteiger partial charge in [-0.3, -0.25) is 0 Å². The van der Waals surface area contributed by atoms with Crippen molar-refractivity contribution in [1.29, 1.82) is 0 Å². The number of rotatable bonds is 8. The van der Waals surface area contributed by atoms with Gasteiger partial charge in [0.1, 0.15) is 5.01 Å². The molecule has 0 spiro atoms. The van der Waals surface area contributed by atoms with Crippen molar-refractivity contribution >= 4 is 11.3 Å². The zero-order chi connectivity index (χ0) is 11.8. The maximum Gasteiger partial charge on any atom is 0.107 e. The van der Waals surface area contributed by atoms with Gasteiger partial charge in [-0.05, 0) is 19.8 Å². The maximum atomic E-state index is 4.37. The van der Waals surface area contributed by atoms with Crippen LogP contribution >= 0.6 is 11.3 Å². The molecule has 0 amide bonds. The van der Waals surface area contributed by atoms with Crippen molar-refractivity contribution in [2.24, 2.45) is 0 Å². The highest BCUT2D eigenvalue weighted by atomic mass is 32.1. The molecule has 1 heterocycles. The Morgan fingerprint density at radius 3 is 2.81 bits per heavy atom. The van der Waals surface area contributed by atoms with Gasteiger partial charge in [-0.15, -0.1) is 11.3 Å². The van der Waals surface area contributed by atoms with Crippen molar-refractivity contribution in [2.45, 2.75) is 46.2 Å². The van der Waals surface area contributed by atoms with Gasteiger partial charge in [0.25, 0.3) is 0 Å². The molecule has 0 aliphatic heterocycles. The molecule has 0 bridgehead atoms. The summed E-state index contributed by atoms with van der Waals surface area (Å²) >= 11 is 1.81. The number of aromatic nitrogens is 1. The molecule has 0 aliphatic carbocycles. The lowest BCUT2D eigenvalue weighted by Crippen LogP contribution is -2.32. The average Bonchev–Trinajstić information content (AvgIpc) is 2.76. The van der Waals surface area contributed by atoms with Gasteiger partial charge in [-0.2, -0.15) is 0 Å². The van der Waals surface area contributed by atoms with E-state index in [1.54, 1.807) is 0 Å². The summed E-state index contributed by atoms with van der Waals surface area (Å²) in [4.78, 5) is 5.74. The summed E-state index contributed by atoms with van der Waals surface area (Å²) in [6, 6.07) is 0.619. The van der Waals surface area contributed by atoms with E-state index >= 15 is 0 Å². The Balaban J connectivity index is 2.07. The lowest BCUT2D eigenvalue weighted by molar-refractivity contribution is 0.517. The summed E-state index contributed by atoms with van der Waals surface area (Å²) in [7, 11) is 0. The predicted octanol–water partition coefficient (Wildman–Crippen LogP) is 2.18. The quantitative estimate of drug-likeness (QED) is 0.685. The number of thiazole rings is 1. The summed E-state index contributed by atoms with van der Waals surface area (Å²) in [6.07, 6.45) is 4.26. The Kier molecular flexibility index (Phi) is 6.61. The van der Waals surface area contributed by atoms with Gasteiger partial charge >= 0.3 is 0 Å². The van der Waals surface area contributed by atoms with Crippen LogP contribution in [0.15, 0.2) is 6.20 Å². The monoisotopic (exact) mass is 241 g/mol.